The number of aliphatic hydroxyl groups is 1. The minimum absolute atomic E-state index is 0.175. The Bertz CT molecular complexity index is 602. The Morgan fingerprint density at radius 2 is 1.75 bits per heavy atom. The highest BCUT2D eigenvalue weighted by Crippen LogP contribution is 2.34. The summed E-state index contributed by atoms with van der Waals surface area (Å²) in [4.78, 5) is 8.20. The van der Waals surface area contributed by atoms with E-state index in [1.165, 1.54) is 14.2 Å². The molecule has 1 unspecified atom stereocenters. The Balaban J connectivity index is 2.48. The molecule has 2 aromatic rings. The molecule has 0 radical (unpaired) electrons. The number of rotatable bonds is 4. The molecule has 20 heavy (non-hydrogen) atoms. The first kappa shape index (κ1) is 14.7. The van der Waals surface area contributed by atoms with Crippen LogP contribution < -0.4 is 9.47 Å². The van der Waals surface area contributed by atoms with Gasteiger partial charge in [-0.25, -0.2) is 0 Å². The summed E-state index contributed by atoms with van der Waals surface area (Å²) in [5, 5.41) is 10.5. The SMILES string of the molecule is COc1nc(Br)c(C(O)c2ccc(C)cc2)c(OC)n1. The maximum absolute atomic E-state index is 10.5. The minimum Gasteiger partial charge on any atom is -0.481 e. The van der Waals surface area contributed by atoms with Gasteiger partial charge < -0.3 is 14.6 Å². The lowest BCUT2D eigenvalue weighted by atomic mass is 10.0. The van der Waals surface area contributed by atoms with E-state index in [2.05, 4.69) is 25.9 Å². The molecule has 0 bridgehead atoms. The Morgan fingerprint density at radius 1 is 1.10 bits per heavy atom. The molecule has 0 aliphatic rings. The van der Waals surface area contributed by atoms with E-state index in [0.29, 0.717) is 10.2 Å². The van der Waals surface area contributed by atoms with Crippen LogP contribution in [0.4, 0.5) is 0 Å². The molecule has 1 atom stereocenters. The molecule has 0 amide bonds. The number of aryl methyl sites for hydroxylation is 1. The van der Waals surface area contributed by atoms with Crippen molar-refractivity contribution in [3.63, 3.8) is 0 Å². The number of ether oxygens (including phenoxy) is 2. The van der Waals surface area contributed by atoms with Gasteiger partial charge in [0.2, 0.25) is 5.88 Å². The molecule has 6 heteroatoms. The standard InChI is InChI=1S/C14H15BrN2O3/c1-8-4-6-9(7-5-8)11(18)10-12(15)16-14(20-3)17-13(10)19-2/h4-7,11,18H,1-3H3. The van der Waals surface area contributed by atoms with Gasteiger partial charge in [0, 0.05) is 0 Å². The molecule has 1 aromatic carbocycles. The molecule has 2 rings (SSSR count). The average molecular weight is 339 g/mol. The van der Waals surface area contributed by atoms with Crippen LogP contribution in [0.2, 0.25) is 0 Å². The molecule has 0 saturated heterocycles. The quantitative estimate of drug-likeness (QED) is 0.868. The van der Waals surface area contributed by atoms with E-state index in [1.54, 1.807) is 0 Å². The van der Waals surface area contributed by atoms with E-state index >= 15 is 0 Å². The van der Waals surface area contributed by atoms with Gasteiger partial charge in [0.25, 0.3) is 0 Å². The topological polar surface area (TPSA) is 64.5 Å². The van der Waals surface area contributed by atoms with Gasteiger partial charge in [-0.3, -0.25) is 0 Å². The van der Waals surface area contributed by atoms with Crippen molar-refractivity contribution in [1.29, 1.82) is 0 Å². The van der Waals surface area contributed by atoms with Gasteiger partial charge in [-0.1, -0.05) is 29.8 Å². The van der Waals surface area contributed by atoms with Crippen molar-refractivity contribution in [2.24, 2.45) is 0 Å². The van der Waals surface area contributed by atoms with Crippen molar-refractivity contribution in [2.75, 3.05) is 14.2 Å². The molecule has 0 saturated carbocycles. The van der Waals surface area contributed by atoms with Crippen LogP contribution in [0.5, 0.6) is 11.9 Å². The van der Waals surface area contributed by atoms with Gasteiger partial charge in [-0.05, 0) is 28.4 Å². The average Bonchev–Trinajstić information content (AvgIpc) is 2.46. The van der Waals surface area contributed by atoms with Crippen LogP contribution in [0.3, 0.4) is 0 Å². The van der Waals surface area contributed by atoms with Crippen molar-refractivity contribution in [1.82, 2.24) is 9.97 Å². The molecule has 0 spiro atoms. The van der Waals surface area contributed by atoms with Gasteiger partial charge >= 0.3 is 6.01 Å². The van der Waals surface area contributed by atoms with Gasteiger partial charge in [0.05, 0.1) is 19.8 Å². The van der Waals surface area contributed by atoms with E-state index < -0.39 is 6.10 Å². The fraction of sp³-hybridized carbons (Fsp3) is 0.286. The van der Waals surface area contributed by atoms with Crippen molar-refractivity contribution in [3.8, 4) is 11.9 Å². The van der Waals surface area contributed by atoms with Crippen LogP contribution in [0.1, 0.15) is 22.8 Å². The van der Waals surface area contributed by atoms with E-state index in [1.807, 2.05) is 31.2 Å². The Kier molecular flexibility index (Phi) is 4.57. The first-order valence-electron chi connectivity index (χ1n) is 5.97. The summed E-state index contributed by atoms with van der Waals surface area (Å²) in [7, 11) is 2.96. The maximum Gasteiger partial charge on any atom is 0.320 e. The van der Waals surface area contributed by atoms with Crippen molar-refractivity contribution >= 4 is 15.9 Å². The third kappa shape index (κ3) is 2.91. The molecule has 1 aromatic heterocycles. The monoisotopic (exact) mass is 338 g/mol. The maximum atomic E-state index is 10.5. The van der Waals surface area contributed by atoms with Crippen molar-refractivity contribution in [2.45, 2.75) is 13.0 Å². The molecule has 5 nitrogen and oxygen atoms in total. The molecular formula is C14H15BrN2O3. The largest absolute Gasteiger partial charge is 0.481 e. The fourth-order valence-corrected chi connectivity index (χ4v) is 2.33. The van der Waals surface area contributed by atoms with Gasteiger partial charge in [0.15, 0.2) is 0 Å². The summed E-state index contributed by atoms with van der Waals surface area (Å²) in [5.74, 6) is 0.275. The third-order valence-electron chi connectivity index (χ3n) is 2.89. The zero-order valence-corrected chi connectivity index (χ0v) is 13.0. The molecule has 106 valence electrons. The summed E-state index contributed by atoms with van der Waals surface area (Å²) in [6, 6.07) is 7.76. The van der Waals surface area contributed by atoms with E-state index in [4.69, 9.17) is 9.47 Å². The zero-order valence-electron chi connectivity index (χ0n) is 11.4. The molecule has 0 fully saturated rings. The number of aromatic nitrogens is 2. The third-order valence-corrected chi connectivity index (χ3v) is 3.49. The molecule has 1 heterocycles. The zero-order chi connectivity index (χ0) is 14.7. The van der Waals surface area contributed by atoms with Gasteiger partial charge in [-0.15, -0.1) is 0 Å². The highest BCUT2D eigenvalue weighted by molar-refractivity contribution is 9.10. The summed E-state index contributed by atoms with van der Waals surface area (Å²) < 4.78 is 10.6. The van der Waals surface area contributed by atoms with Gasteiger partial charge in [0.1, 0.15) is 10.7 Å². The van der Waals surface area contributed by atoms with Crippen LogP contribution in [0.25, 0.3) is 0 Å². The van der Waals surface area contributed by atoms with Crippen LogP contribution in [-0.4, -0.2) is 29.3 Å². The second-order valence-corrected chi connectivity index (χ2v) is 4.99. The number of benzene rings is 1. The highest BCUT2D eigenvalue weighted by atomic mass is 79.9. The van der Waals surface area contributed by atoms with Gasteiger partial charge in [-0.2, -0.15) is 9.97 Å². The van der Waals surface area contributed by atoms with Crippen LogP contribution >= 0.6 is 15.9 Å². The highest BCUT2D eigenvalue weighted by Gasteiger charge is 2.22. The number of methoxy groups -OCH3 is 2. The second kappa shape index (κ2) is 6.19. The lowest BCUT2D eigenvalue weighted by Crippen LogP contribution is -2.08. The second-order valence-electron chi connectivity index (χ2n) is 4.24. The minimum atomic E-state index is -0.883. The number of halogens is 1. The summed E-state index contributed by atoms with van der Waals surface area (Å²) in [6.07, 6.45) is -0.883. The summed E-state index contributed by atoms with van der Waals surface area (Å²) >= 11 is 3.32. The molecular weight excluding hydrogens is 324 g/mol. The lowest BCUT2D eigenvalue weighted by Gasteiger charge is -2.16. The number of nitrogens with zero attached hydrogens (tertiary/aromatic N) is 2. The van der Waals surface area contributed by atoms with Crippen molar-refractivity contribution in [3.05, 3.63) is 45.6 Å². The van der Waals surface area contributed by atoms with Crippen LogP contribution in [0, 0.1) is 6.92 Å². The van der Waals surface area contributed by atoms with E-state index in [9.17, 15) is 5.11 Å². The lowest BCUT2D eigenvalue weighted by molar-refractivity contribution is 0.210. The van der Waals surface area contributed by atoms with Crippen molar-refractivity contribution < 1.29 is 14.6 Å². The Hall–Kier alpha value is -1.66. The predicted molar refractivity (Wildman–Crippen MR) is 78.1 cm³/mol. The Labute approximate surface area is 125 Å². The van der Waals surface area contributed by atoms with Crippen LogP contribution in [-0.2, 0) is 0 Å². The Morgan fingerprint density at radius 3 is 2.30 bits per heavy atom. The normalized spacial score (nSPS) is 12.1. The molecule has 1 N–H and O–H groups in total. The van der Waals surface area contributed by atoms with Crippen LogP contribution in [0.15, 0.2) is 28.9 Å². The number of aliphatic hydroxyl groups excluding tert-OH is 1. The van der Waals surface area contributed by atoms with E-state index in [-0.39, 0.29) is 11.9 Å². The first-order chi connectivity index (χ1) is 9.56. The van der Waals surface area contributed by atoms with E-state index in [0.717, 1.165) is 11.1 Å². The summed E-state index contributed by atoms with van der Waals surface area (Å²) in [5.41, 5.74) is 2.33. The first-order valence-corrected chi connectivity index (χ1v) is 6.76. The predicted octanol–water partition coefficient (Wildman–Crippen LogP) is 2.65. The molecule has 0 aliphatic carbocycles. The number of hydrogen-bond acceptors (Lipinski definition) is 5. The summed E-state index contributed by atoms with van der Waals surface area (Å²) in [6.45, 7) is 1.99. The number of hydrogen-bond donors (Lipinski definition) is 1. The smallest absolute Gasteiger partial charge is 0.320 e. The fourth-order valence-electron chi connectivity index (χ4n) is 1.80. The molecule has 0 aliphatic heterocycles.